The fourth-order valence-electron chi connectivity index (χ4n) is 1.54. The van der Waals surface area contributed by atoms with E-state index in [2.05, 4.69) is 5.32 Å². The van der Waals surface area contributed by atoms with E-state index in [4.69, 9.17) is 0 Å². The van der Waals surface area contributed by atoms with E-state index in [1.165, 1.54) is 24.3 Å². The van der Waals surface area contributed by atoms with Crippen LogP contribution in [0.3, 0.4) is 0 Å². The Labute approximate surface area is 103 Å². The summed E-state index contributed by atoms with van der Waals surface area (Å²) in [5.74, 6) is -0.302. The molecule has 0 spiro atoms. The fourth-order valence-corrected chi connectivity index (χ4v) is 1.54. The molecule has 18 heavy (non-hydrogen) atoms. The molecule has 0 unspecified atom stereocenters. The van der Waals surface area contributed by atoms with Crippen molar-refractivity contribution in [2.75, 3.05) is 5.32 Å². The molecule has 0 saturated carbocycles. The standard InChI is InChI=1S/C13H11FN2O2/c14-11-2-1-3-12(8-11)15-9-10-4-6-13(7-5-10)16(17)18/h1-8,15H,9H2. The third-order valence-corrected chi connectivity index (χ3v) is 2.47. The Morgan fingerprint density at radius 1 is 1.17 bits per heavy atom. The van der Waals surface area contributed by atoms with Gasteiger partial charge in [0, 0.05) is 24.4 Å². The van der Waals surface area contributed by atoms with Crippen molar-refractivity contribution in [3.05, 3.63) is 70.0 Å². The van der Waals surface area contributed by atoms with Gasteiger partial charge in [-0.3, -0.25) is 10.1 Å². The molecule has 4 nitrogen and oxygen atoms in total. The molecule has 0 amide bonds. The van der Waals surface area contributed by atoms with E-state index in [-0.39, 0.29) is 11.5 Å². The monoisotopic (exact) mass is 246 g/mol. The van der Waals surface area contributed by atoms with Crippen LogP contribution in [0.15, 0.2) is 48.5 Å². The van der Waals surface area contributed by atoms with Crippen LogP contribution in [0, 0.1) is 15.9 Å². The van der Waals surface area contributed by atoms with Crippen molar-refractivity contribution in [3.63, 3.8) is 0 Å². The van der Waals surface area contributed by atoms with Crippen molar-refractivity contribution in [1.29, 1.82) is 0 Å². The normalized spacial score (nSPS) is 10.1. The van der Waals surface area contributed by atoms with Gasteiger partial charge in [0.05, 0.1) is 4.92 Å². The van der Waals surface area contributed by atoms with Crippen molar-refractivity contribution < 1.29 is 9.31 Å². The van der Waals surface area contributed by atoms with Crippen molar-refractivity contribution in [3.8, 4) is 0 Å². The lowest BCUT2D eigenvalue weighted by Gasteiger charge is -2.06. The molecule has 0 fully saturated rings. The fraction of sp³-hybridized carbons (Fsp3) is 0.0769. The Bertz CT molecular complexity index is 555. The number of nitro benzene ring substituents is 1. The summed E-state index contributed by atoms with van der Waals surface area (Å²) in [7, 11) is 0. The van der Waals surface area contributed by atoms with Crippen molar-refractivity contribution in [2.24, 2.45) is 0 Å². The number of nitrogens with one attached hydrogen (secondary N) is 1. The molecular weight excluding hydrogens is 235 g/mol. The van der Waals surface area contributed by atoms with Gasteiger partial charge in [0.15, 0.2) is 0 Å². The largest absolute Gasteiger partial charge is 0.381 e. The quantitative estimate of drug-likeness (QED) is 0.664. The molecule has 0 aliphatic heterocycles. The summed E-state index contributed by atoms with van der Waals surface area (Å²) in [4.78, 5) is 10.0. The minimum atomic E-state index is -0.441. The van der Waals surface area contributed by atoms with Gasteiger partial charge in [-0.05, 0) is 23.8 Å². The molecule has 0 heterocycles. The number of rotatable bonds is 4. The molecule has 2 aromatic rings. The second kappa shape index (κ2) is 5.27. The number of benzene rings is 2. The topological polar surface area (TPSA) is 55.2 Å². The number of non-ortho nitro benzene ring substituents is 1. The van der Waals surface area contributed by atoms with Gasteiger partial charge in [0.2, 0.25) is 0 Å². The number of nitrogens with zero attached hydrogens (tertiary/aromatic N) is 1. The highest BCUT2D eigenvalue weighted by atomic mass is 19.1. The first-order valence-electron chi connectivity index (χ1n) is 5.38. The van der Waals surface area contributed by atoms with Crippen LogP contribution in [0.4, 0.5) is 15.8 Å². The molecule has 0 aromatic heterocycles. The lowest BCUT2D eigenvalue weighted by molar-refractivity contribution is -0.384. The van der Waals surface area contributed by atoms with Gasteiger partial charge >= 0.3 is 0 Å². The molecule has 0 aliphatic carbocycles. The molecule has 1 N–H and O–H groups in total. The van der Waals surface area contributed by atoms with Gasteiger partial charge in [-0.15, -0.1) is 0 Å². The van der Waals surface area contributed by atoms with Gasteiger partial charge in [0.1, 0.15) is 5.82 Å². The first-order valence-corrected chi connectivity index (χ1v) is 5.38. The van der Waals surface area contributed by atoms with Crippen LogP contribution in [0.2, 0.25) is 0 Å². The Morgan fingerprint density at radius 2 is 1.89 bits per heavy atom. The molecule has 0 atom stereocenters. The van der Waals surface area contributed by atoms with Crippen LogP contribution in [0.1, 0.15) is 5.56 Å². The molecule has 5 heteroatoms. The minimum Gasteiger partial charge on any atom is -0.381 e. The predicted molar refractivity (Wildman–Crippen MR) is 66.8 cm³/mol. The van der Waals surface area contributed by atoms with E-state index in [0.29, 0.717) is 12.2 Å². The molecule has 0 bridgehead atoms. The first kappa shape index (κ1) is 12.0. The highest BCUT2D eigenvalue weighted by Crippen LogP contribution is 2.14. The summed E-state index contributed by atoms with van der Waals surface area (Å²) in [6.45, 7) is 0.488. The van der Waals surface area contributed by atoms with E-state index >= 15 is 0 Å². The number of anilines is 1. The summed E-state index contributed by atoms with van der Waals surface area (Å²) in [6.07, 6.45) is 0. The Morgan fingerprint density at radius 3 is 2.50 bits per heavy atom. The molecule has 92 valence electrons. The molecule has 0 saturated heterocycles. The third-order valence-electron chi connectivity index (χ3n) is 2.47. The van der Waals surface area contributed by atoms with E-state index in [9.17, 15) is 14.5 Å². The van der Waals surface area contributed by atoms with Gasteiger partial charge in [-0.1, -0.05) is 18.2 Å². The van der Waals surface area contributed by atoms with Gasteiger partial charge < -0.3 is 5.32 Å². The third kappa shape index (κ3) is 3.04. The number of hydrogen-bond donors (Lipinski definition) is 1. The summed E-state index contributed by atoms with van der Waals surface area (Å²) in [5.41, 5.74) is 1.63. The highest BCUT2D eigenvalue weighted by molar-refractivity contribution is 5.44. The maximum absolute atomic E-state index is 12.9. The van der Waals surface area contributed by atoms with E-state index in [0.717, 1.165) is 5.56 Å². The number of halogens is 1. The number of nitro groups is 1. The SMILES string of the molecule is O=[N+]([O-])c1ccc(CNc2cccc(F)c2)cc1. The molecule has 2 aromatic carbocycles. The summed E-state index contributed by atoms with van der Waals surface area (Å²) in [5, 5.41) is 13.5. The van der Waals surface area contributed by atoms with E-state index in [1.54, 1.807) is 24.3 Å². The van der Waals surface area contributed by atoms with Crippen LogP contribution in [-0.4, -0.2) is 4.92 Å². The van der Waals surface area contributed by atoms with Crippen LogP contribution in [0.5, 0.6) is 0 Å². The zero-order valence-corrected chi connectivity index (χ0v) is 9.47. The minimum absolute atomic E-state index is 0.0597. The van der Waals surface area contributed by atoms with E-state index < -0.39 is 4.92 Å². The zero-order chi connectivity index (χ0) is 13.0. The Balaban J connectivity index is 2.00. The van der Waals surface area contributed by atoms with Gasteiger partial charge in [-0.2, -0.15) is 0 Å². The smallest absolute Gasteiger partial charge is 0.269 e. The highest BCUT2D eigenvalue weighted by Gasteiger charge is 2.03. The Kier molecular flexibility index (Phi) is 3.52. The van der Waals surface area contributed by atoms with Crippen LogP contribution in [0.25, 0.3) is 0 Å². The van der Waals surface area contributed by atoms with Gasteiger partial charge in [-0.25, -0.2) is 4.39 Å². The maximum atomic E-state index is 12.9. The van der Waals surface area contributed by atoms with Crippen molar-refractivity contribution in [2.45, 2.75) is 6.54 Å². The van der Waals surface area contributed by atoms with Crippen molar-refractivity contribution >= 4 is 11.4 Å². The molecule has 0 radical (unpaired) electrons. The maximum Gasteiger partial charge on any atom is 0.269 e. The molecule has 2 rings (SSSR count). The second-order valence-corrected chi connectivity index (χ2v) is 3.79. The molecule has 0 aliphatic rings. The van der Waals surface area contributed by atoms with Gasteiger partial charge in [0.25, 0.3) is 5.69 Å². The summed E-state index contributed by atoms with van der Waals surface area (Å²) >= 11 is 0. The molecular formula is C13H11FN2O2. The number of hydrogen-bond acceptors (Lipinski definition) is 3. The second-order valence-electron chi connectivity index (χ2n) is 3.79. The van der Waals surface area contributed by atoms with Crippen LogP contribution < -0.4 is 5.32 Å². The Hall–Kier alpha value is -2.43. The zero-order valence-electron chi connectivity index (χ0n) is 9.47. The lowest BCUT2D eigenvalue weighted by atomic mass is 10.2. The summed E-state index contributed by atoms with van der Waals surface area (Å²) in [6, 6.07) is 12.4. The summed E-state index contributed by atoms with van der Waals surface area (Å²) < 4.78 is 12.9. The lowest BCUT2D eigenvalue weighted by Crippen LogP contribution is -1.99. The average Bonchev–Trinajstić information content (AvgIpc) is 2.37. The van der Waals surface area contributed by atoms with Crippen LogP contribution in [-0.2, 0) is 6.54 Å². The van der Waals surface area contributed by atoms with E-state index in [1.807, 2.05) is 0 Å². The van der Waals surface area contributed by atoms with Crippen LogP contribution >= 0.6 is 0 Å². The van der Waals surface area contributed by atoms with Crippen molar-refractivity contribution in [1.82, 2.24) is 0 Å². The first-order chi connectivity index (χ1) is 8.65. The predicted octanol–water partition coefficient (Wildman–Crippen LogP) is 3.35. The average molecular weight is 246 g/mol.